The second kappa shape index (κ2) is 7.20. The Hall–Kier alpha value is -2.59. The lowest BCUT2D eigenvalue weighted by Gasteiger charge is -2.13. The Kier molecular flexibility index (Phi) is 5.52. The summed E-state index contributed by atoms with van der Waals surface area (Å²) < 4.78 is 101. The van der Waals surface area contributed by atoms with Crippen LogP contribution in [0.15, 0.2) is 45.0 Å². The van der Waals surface area contributed by atoms with E-state index in [0.717, 1.165) is 11.3 Å². The number of anilines is 1. The maximum atomic E-state index is 12.8. The van der Waals surface area contributed by atoms with Gasteiger partial charge in [0.2, 0.25) is 9.84 Å². The second-order valence-corrected chi connectivity index (χ2v) is 7.91. The molecule has 0 unspecified atom stereocenters. The number of hydrazone groups is 1. The van der Waals surface area contributed by atoms with Gasteiger partial charge in [-0.25, -0.2) is 8.42 Å². The Labute approximate surface area is 152 Å². The molecule has 0 bridgehead atoms. The number of sulfone groups is 1. The fraction of sp³-hybridized carbons (Fsp3) is 0.143. The number of alkyl halides is 6. The van der Waals surface area contributed by atoms with E-state index in [1.54, 1.807) is 5.43 Å². The summed E-state index contributed by atoms with van der Waals surface area (Å²) in [6.07, 6.45) is -10.2. The van der Waals surface area contributed by atoms with Gasteiger partial charge >= 0.3 is 12.4 Å². The summed E-state index contributed by atoms with van der Waals surface area (Å²) in [6.45, 7) is 0. The number of rotatable bonds is 3. The first-order valence-corrected chi connectivity index (χ1v) is 9.04. The molecular formula is C14H7F6N3O2S2. The van der Waals surface area contributed by atoms with E-state index in [2.05, 4.69) is 5.10 Å². The molecule has 27 heavy (non-hydrogen) atoms. The first-order chi connectivity index (χ1) is 12.4. The third-order valence-electron chi connectivity index (χ3n) is 2.98. The summed E-state index contributed by atoms with van der Waals surface area (Å²) >= 11 is 0.762. The zero-order valence-corrected chi connectivity index (χ0v) is 14.4. The van der Waals surface area contributed by atoms with Crippen LogP contribution >= 0.6 is 11.3 Å². The summed E-state index contributed by atoms with van der Waals surface area (Å²) in [4.78, 5) is 0. The Morgan fingerprint density at radius 1 is 1.07 bits per heavy atom. The van der Waals surface area contributed by atoms with Gasteiger partial charge in [-0.15, -0.1) is 11.3 Å². The van der Waals surface area contributed by atoms with Crippen LogP contribution in [0.2, 0.25) is 0 Å². The average molecular weight is 427 g/mol. The lowest BCUT2D eigenvalue weighted by atomic mass is 10.1. The first-order valence-electron chi connectivity index (χ1n) is 6.67. The quantitative estimate of drug-likeness (QED) is 0.338. The SMILES string of the molecule is N#CC(=NNc1cc(C(F)(F)F)cc(C(F)(F)F)c1)S(=O)(=O)c1cccs1. The van der Waals surface area contributed by atoms with Crippen molar-refractivity contribution in [2.45, 2.75) is 16.6 Å². The molecular weight excluding hydrogens is 420 g/mol. The number of hydrogen-bond acceptors (Lipinski definition) is 6. The van der Waals surface area contributed by atoms with E-state index in [1.807, 2.05) is 0 Å². The Bertz CT molecular complexity index is 971. The van der Waals surface area contributed by atoms with Gasteiger partial charge < -0.3 is 0 Å². The van der Waals surface area contributed by atoms with Crippen molar-refractivity contribution in [3.63, 3.8) is 0 Å². The van der Waals surface area contributed by atoms with Crippen molar-refractivity contribution in [2.75, 3.05) is 5.43 Å². The van der Waals surface area contributed by atoms with Crippen molar-refractivity contribution >= 4 is 31.9 Å². The van der Waals surface area contributed by atoms with Gasteiger partial charge in [-0.2, -0.15) is 36.7 Å². The predicted molar refractivity (Wildman–Crippen MR) is 84.6 cm³/mol. The Morgan fingerprint density at radius 3 is 2.04 bits per heavy atom. The van der Waals surface area contributed by atoms with Gasteiger partial charge in [0.15, 0.2) is 0 Å². The lowest BCUT2D eigenvalue weighted by molar-refractivity contribution is -0.143. The van der Waals surface area contributed by atoms with E-state index in [4.69, 9.17) is 5.26 Å². The van der Waals surface area contributed by atoms with Gasteiger partial charge in [0.05, 0.1) is 16.8 Å². The van der Waals surface area contributed by atoms with E-state index < -0.39 is 44.0 Å². The average Bonchev–Trinajstić information content (AvgIpc) is 3.08. The lowest BCUT2D eigenvalue weighted by Crippen LogP contribution is -2.15. The van der Waals surface area contributed by atoms with Crippen LogP contribution in [0.4, 0.5) is 32.0 Å². The molecule has 2 rings (SSSR count). The minimum atomic E-state index is -5.08. The van der Waals surface area contributed by atoms with Crippen LogP contribution in [0.25, 0.3) is 0 Å². The van der Waals surface area contributed by atoms with Gasteiger partial charge in [0.1, 0.15) is 10.3 Å². The monoisotopic (exact) mass is 427 g/mol. The zero-order valence-electron chi connectivity index (χ0n) is 12.8. The highest BCUT2D eigenvalue weighted by molar-refractivity contribution is 8.08. The summed E-state index contributed by atoms with van der Waals surface area (Å²) in [7, 11) is -4.35. The van der Waals surface area contributed by atoms with Gasteiger partial charge in [0.25, 0.3) is 5.04 Å². The standard InChI is InChI=1S/C14H7F6N3O2S2/c15-13(16,17)8-4-9(14(18,19)20)6-10(5-8)22-23-11(7-21)27(24,25)12-2-1-3-26-12/h1-6,22H. The highest BCUT2D eigenvalue weighted by Crippen LogP contribution is 2.37. The van der Waals surface area contributed by atoms with Gasteiger partial charge in [0, 0.05) is 0 Å². The maximum Gasteiger partial charge on any atom is 0.416 e. The molecule has 0 saturated carbocycles. The second-order valence-electron chi connectivity index (χ2n) is 4.87. The molecule has 1 aromatic carbocycles. The molecule has 0 atom stereocenters. The van der Waals surface area contributed by atoms with E-state index >= 15 is 0 Å². The van der Waals surface area contributed by atoms with Gasteiger partial charge in [-0.05, 0) is 29.6 Å². The molecule has 1 N–H and O–H groups in total. The molecule has 0 aliphatic carbocycles. The number of benzene rings is 1. The minimum absolute atomic E-state index is 0.0948. The highest BCUT2D eigenvalue weighted by Gasteiger charge is 2.37. The molecule has 0 saturated heterocycles. The number of nitrogens with one attached hydrogen (secondary N) is 1. The van der Waals surface area contributed by atoms with E-state index in [1.165, 1.54) is 23.6 Å². The molecule has 13 heteroatoms. The summed E-state index contributed by atoms with van der Waals surface area (Å²) in [5.41, 5.74) is -2.24. The smallest absolute Gasteiger partial charge is 0.276 e. The molecule has 0 radical (unpaired) electrons. The fourth-order valence-electron chi connectivity index (χ4n) is 1.79. The third kappa shape index (κ3) is 4.77. The van der Waals surface area contributed by atoms with Crippen molar-refractivity contribution in [3.05, 3.63) is 46.8 Å². The third-order valence-corrected chi connectivity index (χ3v) is 5.95. The molecule has 144 valence electrons. The van der Waals surface area contributed by atoms with Gasteiger partial charge in [-0.1, -0.05) is 6.07 Å². The van der Waals surface area contributed by atoms with Gasteiger partial charge in [-0.3, -0.25) is 5.43 Å². The summed E-state index contributed by atoms with van der Waals surface area (Å²) in [6, 6.07) is 4.32. The largest absolute Gasteiger partial charge is 0.416 e. The Morgan fingerprint density at radius 2 is 1.63 bits per heavy atom. The number of nitrogens with zero attached hydrogens (tertiary/aromatic N) is 2. The predicted octanol–water partition coefficient (Wildman–Crippen LogP) is 4.51. The number of halogens is 6. The molecule has 5 nitrogen and oxygen atoms in total. The molecule has 0 aliphatic rings. The number of thiophene rings is 1. The minimum Gasteiger partial charge on any atom is -0.276 e. The van der Waals surface area contributed by atoms with E-state index in [9.17, 15) is 34.8 Å². The van der Waals surface area contributed by atoms with Crippen LogP contribution in [0.3, 0.4) is 0 Å². The Balaban J connectivity index is 2.47. The number of hydrogen-bond donors (Lipinski definition) is 1. The first kappa shape index (κ1) is 20.7. The van der Waals surface area contributed by atoms with Crippen molar-refractivity contribution in [3.8, 4) is 6.07 Å². The molecule has 2 aromatic rings. The summed E-state index contributed by atoms with van der Waals surface area (Å²) in [5.74, 6) is 0. The molecule has 0 spiro atoms. The van der Waals surface area contributed by atoms with Crippen LogP contribution in [-0.2, 0) is 22.2 Å². The normalized spacial score (nSPS) is 13.3. The van der Waals surface area contributed by atoms with Crippen LogP contribution in [0.5, 0.6) is 0 Å². The van der Waals surface area contributed by atoms with Crippen molar-refractivity contribution in [1.29, 1.82) is 5.26 Å². The van der Waals surface area contributed by atoms with Crippen LogP contribution in [-0.4, -0.2) is 13.5 Å². The van der Waals surface area contributed by atoms with E-state index in [-0.39, 0.29) is 10.3 Å². The van der Waals surface area contributed by atoms with Crippen LogP contribution < -0.4 is 5.43 Å². The van der Waals surface area contributed by atoms with Crippen LogP contribution in [0.1, 0.15) is 11.1 Å². The summed E-state index contributed by atoms with van der Waals surface area (Å²) in [5, 5.41) is 12.4. The molecule has 1 aromatic heterocycles. The zero-order chi connectivity index (χ0) is 20.5. The molecule has 0 fully saturated rings. The molecule has 0 amide bonds. The van der Waals surface area contributed by atoms with Crippen LogP contribution in [0, 0.1) is 11.3 Å². The van der Waals surface area contributed by atoms with Crippen molar-refractivity contribution in [2.24, 2.45) is 5.10 Å². The van der Waals surface area contributed by atoms with E-state index in [0.29, 0.717) is 12.1 Å². The van der Waals surface area contributed by atoms with Crippen molar-refractivity contribution < 1.29 is 34.8 Å². The highest BCUT2D eigenvalue weighted by atomic mass is 32.2. The molecule has 0 aliphatic heterocycles. The maximum absolute atomic E-state index is 12.8. The topological polar surface area (TPSA) is 82.3 Å². The van der Waals surface area contributed by atoms with Crippen molar-refractivity contribution in [1.82, 2.24) is 0 Å². The molecule has 1 heterocycles. The number of nitriles is 1. The fourth-order valence-corrected chi connectivity index (χ4v) is 3.88.